The molecule has 3 atom stereocenters. The van der Waals surface area contributed by atoms with Gasteiger partial charge < -0.3 is 0 Å². The van der Waals surface area contributed by atoms with Crippen molar-refractivity contribution in [1.82, 2.24) is 4.90 Å². The fourth-order valence-electron chi connectivity index (χ4n) is 4.52. The average Bonchev–Trinajstić information content (AvgIpc) is 2.98. The van der Waals surface area contributed by atoms with E-state index in [-0.39, 0.29) is 0 Å². The molecule has 0 radical (unpaired) electrons. The third kappa shape index (κ3) is 2.11. The maximum absolute atomic E-state index is 2.69. The van der Waals surface area contributed by atoms with Gasteiger partial charge in [0.1, 0.15) is 0 Å². The van der Waals surface area contributed by atoms with Crippen LogP contribution in [0.4, 0.5) is 0 Å². The Labute approximate surface area is 127 Å². The fourth-order valence-corrected chi connectivity index (χ4v) is 4.52. The largest absolute Gasteiger partial charge is 0.300 e. The first-order chi connectivity index (χ1) is 10.4. The molecule has 0 spiro atoms. The van der Waals surface area contributed by atoms with Crippen molar-refractivity contribution in [2.45, 2.75) is 37.6 Å². The summed E-state index contributed by atoms with van der Waals surface area (Å²) < 4.78 is 0. The molecule has 1 heterocycles. The van der Waals surface area contributed by atoms with E-state index in [1.54, 1.807) is 11.1 Å². The van der Waals surface area contributed by atoms with E-state index in [4.69, 9.17) is 0 Å². The van der Waals surface area contributed by atoms with Gasteiger partial charge in [0.25, 0.3) is 0 Å². The molecule has 21 heavy (non-hydrogen) atoms. The molecule has 3 unspecified atom stereocenters. The first kappa shape index (κ1) is 13.1. The highest BCUT2D eigenvalue weighted by Crippen LogP contribution is 2.48. The lowest BCUT2D eigenvalue weighted by Crippen LogP contribution is -2.36. The summed E-state index contributed by atoms with van der Waals surface area (Å²) in [6.45, 7) is 4.76. The quantitative estimate of drug-likeness (QED) is 0.786. The molecule has 1 saturated heterocycles. The van der Waals surface area contributed by atoms with Crippen molar-refractivity contribution in [3.8, 4) is 0 Å². The van der Waals surface area contributed by atoms with Crippen LogP contribution in [0, 0.1) is 0 Å². The predicted octanol–water partition coefficient (Wildman–Crippen LogP) is 4.40. The van der Waals surface area contributed by atoms with Gasteiger partial charge in [-0.3, -0.25) is 4.90 Å². The second kappa shape index (κ2) is 5.31. The minimum absolute atomic E-state index is 0.566. The van der Waals surface area contributed by atoms with Crippen molar-refractivity contribution in [2.75, 3.05) is 13.1 Å². The molecule has 2 aliphatic rings. The number of hydrogen-bond donors (Lipinski definition) is 0. The normalized spacial score (nSPS) is 28.1. The zero-order chi connectivity index (χ0) is 14.2. The van der Waals surface area contributed by atoms with E-state index in [1.165, 1.54) is 31.5 Å². The molecule has 0 saturated carbocycles. The summed E-state index contributed by atoms with van der Waals surface area (Å²) >= 11 is 0. The van der Waals surface area contributed by atoms with Crippen LogP contribution in [-0.4, -0.2) is 24.0 Å². The molecule has 1 fully saturated rings. The number of hydrogen-bond acceptors (Lipinski definition) is 1. The molecule has 1 aliphatic carbocycles. The van der Waals surface area contributed by atoms with Crippen molar-refractivity contribution >= 4 is 0 Å². The standard InChI is InChI=1S/C20H23N/c1-2-21-13-12-18-16-10-6-7-11-17(16)19(14-20(18)21)15-8-4-3-5-9-15/h3-11,18-20H,2,12-14H2,1H3. The minimum Gasteiger partial charge on any atom is -0.300 e. The third-order valence-electron chi connectivity index (χ3n) is 5.52. The lowest BCUT2D eigenvalue weighted by molar-refractivity contribution is 0.230. The molecule has 0 bridgehead atoms. The maximum Gasteiger partial charge on any atom is 0.0173 e. The number of nitrogens with zero attached hydrogens (tertiary/aromatic N) is 1. The monoisotopic (exact) mass is 277 g/mol. The molecule has 0 amide bonds. The summed E-state index contributed by atoms with van der Waals surface area (Å²) in [5.74, 6) is 1.32. The Balaban J connectivity index is 1.80. The first-order valence-corrected chi connectivity index (χ1v) is 8.26. The van der Waals surface area contributed by atoms with Crippen LogP contribution in [0.25, 0.3) is 0 Å². The SMILES string of the molecule is CCN1CCC2c3ccccc3C(c3ccccc3)CC21. The number of likely N-dealkylation sites (tertiary alicyclic amines) is 1. The van der Waals surface area contributed by atoms with Gasteiger partial charge >= 0.3 is 0 Å². The lowest BCUT2D eigenvalue weighted by atomic mass is 9.71. The zero-order valence-electron chi connectivity index (χ0n) is 12.7. The number of rotatable bonds is 2. The van der Waals surface area contributed by atoms with Gasteiger partial charge in [0, 0.05) is 17.9 Å². The van der Waals surface area contributed by atoms with Gasteiger partial charge in [-0.05, 0) is 42.6 Å². The van der Waals surface area contributed by atoms with Crippen molar-refractivity contribution in [3.05, 3.63) is 71.3 Å². The fraction of sp³-hybridized carbons (Fsp3) is 0.400. The number of benzene rings is 2. The zero-order valence-corrected chi connectivity index (χ0v) is 12.7. The summed E-state index contributed by atoms with van der Waals surface area (Å²) in [5.41, 5.74) is 4.66. The molecule has 2 aromatic rings. The number of likely N-dealkylation sites (N-methyl/N-ethyl adjacent to an activating group) is 1. The molecule has 0 N–H and O–H groups in total. The summed E-state index contributed by atoms with van der Waals surface area (Å²) in [7, 11) is 0. The van der Waals surface area contributed by atoms with Gasteiger partial charge in [-0.15, -0.1) is 0 Å². The van der Waals surface area contributed by atoms with Gasteiger partial charge in [0.15, 0.2) is 0 Å². The first-order valence-electron chi connectivity index (χ1n) is 8.26. The summed E-state index contributed by atoms with van der Waals surface area (Å²) in [4.78, 5) is 2.69. The van der Waals surface area contributed by atoms with Crippen molar-refractivity contribution in [2.24, 2.45) is 0 Å². The van der Waals surface area contributed by atoms with Gasteiger partial charge in [-0.25, -0.2) is 0 Å². The Morgan fingerprint density at radius 1 is 0.952 bits per heavy atom. The minimum atomic E-state index is 0.566. The Kier molecular flexibility index (Phi) is 3.31. The van der Waals surface area contributed by atoms with Crippen LogP contribution >= 0.6 is 0 Å². The average molecular weight is 277 g/mol. The molecule has 4 rings (SSSR count). The maximum atomic E-state index is 2.69. The Bertz CT molecular complexity index is 619. The van der Waals surface area contributed by atoms with Gasteiger partial charge in [0.2, 0.25) is 0 Å². The van der Waals surface area contributed by atoms with Gasteiger partial charge in [-0.1, -0.05) is 61.5 Å². The van der Waals surface area contributed by atoms with E-state index < -0.39 is 0 Å². The Hall–Kier alpha value is -1.60. The van der Waals surface area contributed by atoms with Crippen LogP contribution in [0.5, 0.6) is 0 Å². The van der Waals surface area contributed by atoms with Crippen LogP contribution in [0.3, 0.4) is 0 Å². The summed E-state index contributed by atoms with van der Waals surface area (Å²) in [6, 6.07) is 21.0. The molecule has 2 aromatic carbocycles. The van der Waals surface area contributed by atoms with Crippen molar-refractivity contribution in [3.63, 3.8) is 0 Å². The highest BCUT2D eigenvalue weighted by molar-refractivity contribution is 5.44. The van der Waals surface area contributed by atoms with Crippen LogP contribution in [0.15, 0.2) is 54.6 Å². The van der Waals surface area contributed by atoms with E-state index >= 15 is 0 Å². The predicted molar refractivity (Wildman–Crippen MR) is 87.7 cm³/mol. The Morgan fingerprint density at radius 3 is 2.43 bits per heavy atom. The van der Waals surface area contributed by atoms with Crippen LogP contribution in [-0.2, 0) is 0 Å². The highest BCUT2D eigenvalue weighted by Gasteiger charge is 2.41. The second-order valence-corrected chi connectivity index (χ2v) is 6.42. The van der Waals surface area contributed by atoms with E-state index in [9.17, 15) is 0 Å². The molecular weight excluding hydrogens is 254 g/mol. The van der Waals surface area contributed by atoms with E-state index in [0.29, 0.717) is 5.92 Å². The smallest absolute Gasteiger partial charge is 0.0173 e. The molecule has 108 valence electrons. The third-order valence-corrected chi connectivity index (χ3v) is 5.52. The van der Waals surface area contributed by atoms with Crippen LogP contribution < -0.4 is 0 Å². The van der Waals surface area contributed by atoms with Crippen molar-refractivity contribution < 1.29 is 0 Å². The molecule has 0 aromatic heterocycles. The van der Waals surface area contributed by atoms with E-state index in [0.717, 1.165) is 12.0 Å². The van der Waals surface area contributed by atoms with Crippen LogP contribution in [0.2, 0.25) is 0 Å². The second-order valence-electron chi connectivity index (χ2n) is 6.42. The van der Waals surface area contributed by atoms with E-state index in [2.05, 4.69) is 66.4 Å². The number of fused-ring (bicyclic) bond motifs is 3. The summed E-state index contributed by atoms with van der Waals surface area (Å²) in [6.07, 6.45) is 2.61. The highest BCUT2D eigenvalue weighted by atomic mass is 15.2. The molecule has 1 heteroatoms. The van der Waals surface area contributed by atoms with Gasteiger partial charge in [0.05, 0.1) is 0 Å². The topological polar surface area (TPSA) is 3.24 Å². The lowest BCUT2D eigenvalue weighted by Gasteiger charge is -2.38. The molecule has 1 aliphatic heterocycles. The molecule has 1 nitrogen and oxygen atoms in total. The summed E-state index contributed by atoms with van der Waals surface area (Å²) in [5, 5.41) is 0. The Morgan fingerprint density at radius 2 is 1.67 bits per heavy atom. The van der Waals surface area contributed by atoms with Crippen LogP contribution in [0.1, 0.15) is 48.3 Å². The molecular formula is C20H23N. The van der Waals surface area contributed by atoms with Gasteiger partial charge in [-0.2, -0.15) is 0 Å². The van der Waals surface area contributed by atoms with E-state index in [1.807, 2.05) is 0 Å². The van der Waals surface area contributed by atoms with Crippen molar-refractivity contribution in [1.29, 1.82) is 0 Å².